The Kier molecular flexibility index (Phi) is 6.52. The number of nitrogens with zero attached hydrogens (tertiary/aromatic N) is 1. The minimum absolute atomic E-state index is 0.0491. The van der Waals surface area contributed by atoms with E-state index < -0.39 is 0 Å². The molecule has 0 spiro atoms. The van der Waals surface area contributed by atoms with Crippen LogP contribution in [0.15, 0.2) is 35.3 Å². The molecule has 1 unspecified atom stereocenters. The van der Waals surface area contributed by atoms with Crippen molar-refractivity contribution in [2.24, 2.45) is 4.99 Å². The maximum absolute atomic E-state index is 5.77. The van der Waals surface area contributed by atoms with Crippen LogP contribution in [0.1, 0.15) is 26.2 Å². The topological polar surface area (TPSA) is 57.7 Å². The summed E-state index contributed by atoms with van der Waals surface area (Å²) in [4.78, 5) is 4.25. The average molecular weight is 304 g/mol. The predicted molar refractivity (Wildman–Crippen MR) is 92.5 cm³/mol. The van der Waals surface area contributed by atoms with Crippen LogP contribution in [0, 0.1) is 0 Å². The Labute approximate surface area is 133 Å². The monoisotopic (exact) mass is 304 g/mol. The number of hydrogen-bond acceptors (Lipinski definition) is 3. The van der Waals surface area contributed by atoms with Crippen LogP contribution in [0.25, 0.3) is 0 Å². The summed E-state index contributed by atoms with van der Waals surface area (Å²) in [5.41, 5.74) is 1.11. The average Bonchev–Trinajstić information content (AvgIpc) is 2.98. The van der Waals surface area contributed by atoms with Gasteiger partial charge in [-0.1, -0.05) is 18.2 Å². The molecule has 0 aliphatic carbocycles. The lowest BCUT2D eigenvalue weighted by atomic mass is 10.0. The molecule has 5 nitrogen and oxygen atoms in total. The highest BCUT2D eigenvalue weighted by Crippen LogP contribution is 2.23. The van der Waals surface area contributed by atoms with Crippen LogP contribution in [-0.4, -0.2) is 44.8 Å². The molecule has 1 aromatic rings. The van der Waals surface area contributed by atoms with Gasteiger partial charge in [-0.25, -0.2) is 0 Å². The number of rotatable bonds is 7. The van der Waals surface area contributed by atoms with Gasteiger partial charge in [0.2, 0.25) is 0 Å². The second-order valence-electron chi connectivity index (χ2n) is 5.90. The molecule has 0 radical (unpaired) electrons. The quantitative estimate of drug-likeness (QED) is 0.411. The van der Waals surface area contributed by atoms with Crippen LogP contribution < -0.4 is 16.0 Å². The number of ether oxygens (including phenoxy) is 1. The normalized spacial score (nSPS) is 21.6. The Balaban J connectivity index is 1.58. The minimum Gasteiger partial charge on any atom is -0.385 e. The fraction of sp³-hybridized carbons (Fsp3) is 0.588. The summed E-state index contributed by atoms with van der Waals surface area (Å²) in [6, 6.07) is 10.3. The predicted octanol–water partition coefficient (Wildman–Crippen LogP) is 2.22. The molecule has 22 heavy (non-hydrogen) atoms. The Bertz CT molecular complexity index is 455. The van der Waals surface area contributed by atoms with Gasteiger partial charge in [-0.2, -0.15) is 0 Å². The molecule has 122 valence electrons. The van der Waals surface area contributed by atoms with E-state index in [4.69, 9.17) is 4.74 Å². The van der Waals surface area contributed by atoms with Crippen molar-refractivity contribution in [2.75, 3.05) is 38.6 Å². The molecule has 0 amide bonds. The number of nitrogens with one attached hydrogen (secondary N) is 3. The van der Waals surface area contributed by atoms with E-state index in [1.807, 2.05) is 18.2 Å². The number of hydrogen-bond donors (Lipinski definition) is 3. The molecule has 1 fully saturated rings. The molecule has 3 N–H and O–H groups in total. The van der Waals surface area contributed by atoms with Gasteiger partial charge in [0.25, 0.3) is 0 Å². The summed E-state index contributed by atoms with van der Waals surface area (Å²) in [6.07, 6.45) is 3.29. The van der Waals surface area contributed by atoms with E-state index in [-0.39, 0.29) is 5.60 Å². The highest BCUT2D eigenvalue weighted by molar-refractivity contribution is 5.79. The third-order valence-corrected chi connectivity index (χ3v) is 3.90. The summed E-state index contributed by atoms with van der Waals surface area (Å²) in [7, 11) is 1.80. The van der Waals surface area contributed by atoms with E-state index in [2.05, 4.69) is 40.0 Å². The zero-order valence-corrected chi connectivity index (χ0v) is 13.7. The van der Waals surface area contributed by atoms with Gasteiger partial charge in [0.15, 0.2) is 5.96 Å². The van der Waals surface area contributed by atoms with Gasteiger partial charge in [-0.15, -0.1) is 0 Å². The highest BCUT2D eigenvalue weighted by Gasteiger charge is 2.29. The van der Waals surface area contributed by atoms with Gasteiger partial charge < -0.3 is 20.7 Å². The zero-order chi connectivity index (χ0) is 15.7. The summed E-state index contributed by atoms with van der Waals surface area (Å²) < 4.78 is 5.77. The van der Waals surface area contributed by atoms with Crippen molar-refractivity contribution in [3.8, 4) is 0 Å². The lowest BCUT2D eigenvalue weighted by Crippen LogP contribution is -2.45. The summed E-state index contributed by atoms with van der Waals surface area (Å²) in [5, 5.41) is 10.1. The molecule has 5 heteroatoms. The van der Waals surface area contributed by atoms with Crippen molar-refractivity contribution in [3.63, 3.8) is 0 Å². The number of benzene rings is 1. The van der Waals surface area contributed by atoms with Crippen LogP contribution in [0.3, 0.4) is 0 Å². The highest BCUT2D eigenvalue weighted by atomic mass is 16.5. The number of para-hydroxylation sites is 1. The smallest absolute Gasteiger partial charge is 0.191 e. The second kappa shape index (κ2) is 8.63. The third kappa shape index (κ3) is 5.56. The van der Waals surface area contributed by atoms with E-state index >= 15 is 0 Å². The first-order valence-electron chi connectivity index (χ1n) is 8.09. The van der Waals surface area contributed by atoms with Crippen LogP contribution in [-0.2, 0) is 4.74 Å². The van der Waals surface area contributed by atoms with Gasteiger partial charge in [0.1, 0.15) is 0 Å². The molecule has 1 heterocycles. The van der Waals surface area contributed by atoms with E-state index in [0.717, 1.165) is 57.2 Å². The van der Waals surface area contributed by atoms with Gasteiger partial charge in [-0.05, 0) is 38.3 Å². The molecule has 1 saturated heterocycles. The van der Waals surface area contributed by atoms with E-state index in [0.29, 0.717) is 0 Å². The fourth-order valence-electron chi connectivity index (χ4n) is 2.55. The molecular formula is C17H28N4O. The van der Waals surface area contributed by atoms with Gasteiger partial charge >= 0.3 is 0 Å². The summed E-state index contributed by atoms with van der Waals surface area (Å²) in [6.45, 7) is 5.65. The lowest BCUT2D eigenvalue weighted by molar-refractivity contribution is 0.0243. The van der Waals surface area contributed by atoms with E-state index in [1.165, 1.54) is 0 Å². The van der Waals surface area contributed by atoms with Crippen LogP contribution >= 0.6 is 0 Å². The van der Waals surface area contributed by atoms with Gasteiger partial charge in [0.05, 0.1) is 5.60 Å². The largest absolute Gasteiger partial charge is 0.385 e. The second-order valence-corrected chi connectivity index (χ2v) is 5.90. The Hall–Kier alpha value is -1.75. The molecule has 1 aromatic carbocycles. The zero-order valence-electron chi connectivity index (χ0n) is 13.7. The van der Waals surface area contributed by atoms with Crippen LogP contribution in [0.4, 0.5) is 5.69 Å². The van der Waals surface area contributed by atoms with Crippen LogP contribution in [0.5, 0.6) is 0 Å². The molecule has 2 rings (SSSR count). The first-order valence-corrected chi connectivity index (χ1v) is 8.09. The minimum atomic E-state index is -0.0491. The molecule has 1 aliphatic rings. The van der Waals surface area contributed by atoms with Crippen molar-refractivity contribution < 1.29 is 4.74 Å². The third-order valence-electron chi connectivity index (χ3n) is 3.90. The maximum atomic E-state index is 5.77. The first-order chi connectivity index (χ1) is 10.7. The van der Waals surface area contributed by atoms with E-state index in [9.17, 15) is 0 Å². The standard InChI is InChI=1S/C17H28N4O/c1-17(10-6-13-22-17)14-21-16(18-2)20-12-7-11-19-15-8-4-3-5-9-15/h3-5,8-9,19H,6-7,10-14H2,1-2H3,(H2,18,20,21). The maximum Gasteiger partial charge on any atom is 0.191 e. The van der Waals surface area contributed by atoms with Crippen molar-refractivity contribution >= 4 is 11.6 Å². The Morgan fingerprint density at radius 3 is 2.73 bits per heavy atom. The van der Waals surface area contributed by atoms with Crippen molar-refractivity contribution in [1.82, 2.24) is 10.6 Å². The van der Waals surface area contributed by atoms with Crippen molar-refractivity contribution in [1.29, 1.82) is 0 Å². The Morgan fingerprint density at radius 1 is 1.23 bits per heavy atom. The fourth-order valence-corrected chi connectivity index (χ4v) is 2.55. The molecule has 0 saturated carbocycles. The van der Waals surface area contributed by atoms with Crippen molar-refractivity contribution in [2.45, 2.75) is 31.8 Å². The molecule has 1 atom stereocenters. The lowest BCUT2D eigenvalue weighted by Gasteiger charge is -2.24. The SMILES string of the molecule is CN=C(NCCCNc1ccccc1)NCC1(C)CCCO1. The Morgan fingerprint density at radius 2 is 2.05 bits per heavy atom. The van der Waals surface area contributed by atoms with E-state index in [1.54, 1.807) is 7.05 Å². The summed E-state index contributed by atoms with van der Waals surface area (Å²) >= 11 is 0. The summed E-state index contributed by atoms with van der Waals surface area (Å²) in [5.74, 6) is 0.844. The van der Waals surface area contributed by atoms with Crippen LogP contribution in [0.2, 0.25) is 0 Å². The molecule has 0 aromatic heterocycles. The number of anilines is 1. The van der Waals surface area contributed by atoms with Gasteiger partial charge in [-0.3, -0.25) is 4.99 Å². The number of guanidine groups is 1. The van der Waals surface area contributed by atoms with Crippen molar-refractivity contribution in [3.05, 3.63) is 30.3 Å². The number of aliphatic imine (C=N–C) groups is 1. The molecule has 0 bridgehead atoms. The molecule has 1 aliphatic heterocycles. The van der Waals surface area contributed by atoms with Gasteiger partial charge in [0, 0.05) is 39.0 Å². The molecular weight excluding hydrogens is 276 g/mol. The first kappa shape index (κ1) is 16.6.